The number of ether oxygens (including phenoxy) is 1. The summed E-state index contributed by atoms with van der Waals surface area (Å²) in [5.41, 5.74) is 7.67. The molecule has 0 unspecified atom stereocenters. The molecule has 5 heteroatoms. The molecule has 2 N–H and O–H groups in total. The number of hydrogen-bond donors (Lipinski definition) is 1. The molecule has 5 nitrogen and oxygen atoms in total. The first-order chi connectivity index (χ1) is 10.5. The van der Waals surface area contributed by atoms with Crippen LogP contribution >= 0.6 is 0 Å². The second kappa shape index (κ2) is 6.76. The van der Waals surface area contributed by atoms with Crippen molar-refractivity contribution in [2.24, 2.45) is 5.73 Å². The molecule has 114 valence electrons. The quantitative estimate of drug-likeness (QED) is 0.916. The van der Waals surface area contributed by atoms with E-state index in [0.717, 1.165) is 11.1 Å². The summed E-state index contributed by atoms with van der Waals surface area (Å²) < 4.78 is 5.21. The maximum Gasteiger partial charge on any atom is 0.255 e. The molecule has 0 saturated heterocycles. The van der Waals surface area contributed by atoms with Gasteiger partial charge in [-0.2, -0.15) is 0 Å². The molecule has 0 fully saturated rings. The van der Waals surface area contributed by atoms with E-state index < -0.39 is 5.91 Å². The average Bonchev–Trinajstić information content (AvgIpc) is 2.53. The summed E-state index contributed by atoms with van der Waals surface area (Å²) in [6.45, 7) is -0.138. The summed E-state index contributed by atoms with van der Waals surface area (Å²) in [6, 6.07) is 14.7. The van der Waals surface area contributed by atoms with Gasteiger partial charge < -0.3 is 15.4 Å². The highest BCUT2D eigenvalue weighted by molar-refractivity contribution is 5.94. The minimum atomic E-state index is -0.509. The monoisotopic (exact) mass is 298 g/mol. The van der Waals surface area contributed by atoms with Gasteiger partial charge in [-0.1, -0.05) is 24.3 Å². The molecule has 2 aromatic carbocycles. The highest BCUT2D eigenvalue weighted by atomic mass is 16.5. The summed E-state index contributed by atoms with van der Waals surface area (Å²) in [5.74, 6) is 0.0499. The van der Waals surface area contributed by atoms with Crippen LogP contribution in [0.15, 0.2) is 48.5 Å². The van der Waals surface area contributed by atoms with Crippen LogP contribution in [0.2, 0.25) is 0 Å². The van der Waals surface area contributed by atoms with Crippen molar-refractivity contribution in [3.63, 3.8) is 0 Å². The molecule has 0 spiro atoms. The normalized spacial score (nSPS) is 10.1. The minimum absolute atomic E-state index is 0.0262. The lowest BCUT2D eigenvalue weighted by molar-refractivity contribution is -0.119. The highest BCUT2D eigenvalue weighted by Crippen LogP contribution is 2.23. The van der Waals surface area contributed by atoms with Crippen LogP contribution in [0.1, 0.15) is 10.4 Å². The summed E-state index contributed by atoms with van der Waals surface area (Å²) in [6.07, 6.45) is 0. The van der Waals surface area contributed by atoms with Gasteiger partial charge in [0.2, 0.25) is 0 Å². The van der Waals surface area contributed by atoms with E-state index in [0.29, 0.717) is 11.3 Å². The lowest BCUT2D eigenvalue weighted by Gasteiger charge is -2.11. The van der Waals surface area contributed by atoms with Crippen LogP contribution in [0.3, 0.4) is 0 Å². The van der Waals surface area contributed by atoms with E-state index in [1.165, 1.54) is 0 Å². The molecule has 2 aromatic rings. The van der Waals surface area contributed by atoms with Crippen LogP contribution in [0.4, 0.5) is 0 Å². The number of hydrogen-bond acceptors (Lipinski definition) is 3. The van der Waals surface area contributed by atoms with Crippen LogP contribution in [0, 0.1) is 0 Å². The summed E-state index contributed by atoms with van der Waals surface area (Å²) in [7, 11) is 3.45. The van der Waals surface area contributed by atoms with E-state index in [9.17, 15) is 9.59 Å². The average molecular weight is 298 g/mol. The van der Waals surface area contributed by atoms with Crippen molar-refractivity contribution >= 4 is 11.8 Å². The number of carbonyl (C=O) groups excluding carboxylic acids is 2. The first-order valence-corrected chi connectivity index (χ1v) is 6.80. The van der Waals surface area contributed by atoms with E-state index >= 15 is 0 Å². The number of primary amides is 1. The zero-order valence-electron chi connectivity index (χ0n) is 12.6. The van der Waals surface area contributed by atoms with Gasteiger partial charge in [-0.15, -0.1) is 0 Å². The van der Waals surface area contributed by atoms with Crippen LogP contribution in [-0.2, 0) is 4.79 Å². The third kappa shape index (κ3) is 3.85. The van der Waals surface area contributed by atoms with Gasteiger partial charge in [-0.05, 0) is 35.4 Å². The van der Waals surface area contributed by atoms with E-state index in [-0.39, 0.29) is 12.5 Å². The number of nitrogens with two attached hydrogens (primary N) is 1. The van der Waals surface area contributed by atoms with Crippen molar-refractivity contribution in [1.29, 1.82) is 0 Å². The third-order valence-electron chi connectivity index (χ3n) is 3.11. The largest absolute Gasteiger partial charge is 0.484 e. The van der Waals surface area contributed by atoms with Crippen molar-refractivity contribution in [3.8, 4) is 16.9 Å². The Labute approximate surface area is 129 Å². The Morgan fingerprint density at radius 1 is 0.955 bits per heavy atom. The summed E-state index contributed by atoms with van der Waals surface area (Å²) in [4.78, 5) is 24.0. The number of rotatable bonds is 5. The Bertz CT molecular complexity index is 661. The van der Waals surface area contributed by atoms with Crippen LogP contribution in [0.5, 0.6) is 5.75 Å². The Morgan fingerprint density at radius 2 is 1.45 bits per heavy atom. The highest BCUT2D eigenvalue weighted by Gasteiger charge is 2.07. The minimum Gasteiger partial charge on any atom is -0.484 e. The molecule has 0 aromatic heterocycles. The van der Waals surface area contributed by atoms with Crippen molar-refractivity contribution < 1.29 is 14.3 Å². The predicted molar refractivity (Wildman–Crippen MR) is 84.6 cm³/mol. The summed E-state index contributed by atoms with van der Waals surface area (Å²) >= 11 is 0. The van der Waals surface area contributed by atoms with Gasteiger partial charge >= 0.3 is 0 Å². The number of amides is 2. The summed E-state index contributed by atoms with van der Waals surface area (Å²) in [5, 5.41) is 0. The number of nitrogens with zero attached hydrogens (tertiary/aromatic N) is 1. The molecule has 0 aliphatic heterocycles. The van der Waals surface area contributed by atoms with Gasteiger partial charge in [-0.3, -0.25) is 9.59 Å². The van der Waals surface area contributed by atoms with Crippen LogP contribution in [0.25, 0.3) is 11.1 Å². The topological polar surface area (TPSA) is 72.6 Å². The van der Waals surface area contributed by atoms with Gasteiger partial charge in [0.25, 0.3) is 11.8 Å². The van der Waals surface area contributed by atoms with Gasteiger partial charge in [0.1, 0.15) is 5.75 Å². The molecule has 0 aliphatic rings. The first kappa shape index (κ1) is 15.6. The Kier molecular flexibility index (Phi) is 4.78. The molecule has 0 aliphatic carbocycles. The van der Waals surface area contributed by atoms with E-state index in [2.05, 4.69) is 0 Å². The fourth-order valence-electron chi connectivity index (χ4n) is 1.96. The smallest absolute Gasteiger partial charge is 0.255 e. The van der Waals surface area contributed by atoms with Crippen molar-refractivity contribution in [1.82, 2.24) is 4.90 Å². The molecule has 2 rings (SSSR count). The Morgan fingerprint density at radius 3 is 1.91 bits per heavy atom. The first-order valence-electron chi connectivity index (χ1n) is 6.80. The van der Waals surface area contributed by atoms with Gasteiger partial charge in [-0.25, -0.2) is 0 Å². The molecule has 0 heterocycles. The lowest BCUT2D eigenvalue weighted by atomic mass is 10.0. The third-order valence-corrected chi connectivity index (χ3v) is 3.11. The standard InChI is InChI=1S/C17H18N2O3/c1-19(2)17(21)14-5-3-12(4-6-14)13-7-9-15(10-8-13)22-11-16(18)20/h3-10H,11H2,1-2H3,(H2,18,20). The second-order valence-corrected chi connectivity index (χ2v) is 5.06. The number of carbonyl (C=O) groups is 2. The molecule has 0 radical (unpaired) electrons. The number of benzene rings is 2. The molecular weight excluding hydrogens is 280 g/mol. The van der Waals surface area contributed by atoms with E-state index in [1.807, 2.05) is 24.3 Å². The van der Waals surface area contributed by atoms with E-state index in [1.54, 1.807) is 43.3 Å². The molecule has 0 bridgehead atoms. The SMILES string of the molecule is CN(C)C(=O)c1ccc(-c2ccc(OCC(N)=O)cc2)cc1. The molecule has 2 amide bonds. The van der Waals surface area contributed by atoms with Gasteiger partial charge in [0.05, 0.1) is 0 Å². The predicted octanol–water partition coefficient (Wildman–Crippen LogP) is 1.92. The zero-order valence-corrected chi connectivity index (χ0v) is 12.6. The van der Waals surface area contributed by atoms with Crippen molar-refractivity contribution in [2.45, 2.75) is 0 Å². The molecular formula is C17H18N2O3. The van der Waals surface area contributed by atoms with Gasteiger partial charge in [0, 0.05) is 19.7 Å². The second-order valence-electron chi connectivity index (χ2n) is 5.06. The van der Waals surface area contributed by atoms with Crippen molar-refractivity contribution in [3.05, 3.63) is 54.1 Å². The fraction of sp³-hybridized carbons (Fsp3) is 0.176. The molecule has 22 heavy (non-hydrogen) atoms. The molecule has 0 saturated carbocycles. The zero-order chi connectivity index (χ0) is 16.1. The Balaban J connectivity index is 2.11. The van der Waals surface area contributed by atoms with Crippen LogP contribution < -0.4 is 10.5 Å². The van der Waals surface area contributed by atoms with Crippen LogP contribution in [-0.4, -0.2) is 37.4 Å². The molecule has 0 atom stereocenters. The maximum absolute atomic E-state index is 11.8. The van der Waals surface area contributed by atoms with Gasteiger partial charge in [0.15, 0.2) is 6.61 Å². The Hall–Kier alpha value is -2.82. The lowest BCUT2D eigenvalue weighted by Crippen LogP contribution is -2.21. The van der Waals surface area contributed by atoms with Crippen molar-refractivity contribution in [2.75, 3.05) is 20.7 Å². The fourth-order valence-corrected chi connectivity index (χ4v) is 1.96. The maximum atomic E-state index is 11.8. The van der Waals surface area contributed by atoms with E-state index in [4.69, 9.17) is 10.5 Å².